The SMILES string of the molecule is C=CC(=CC=C(C)C)N(C)N=Cc1cc[n+](C)cc1. The van der Waals surface area contributed by atoms with Gasteiger partial charge in [0.25, 0.3) is 0 Å². The van der Waals surface area contributed by atoms with Crippen LogP contribution in [0.15, 0.2) is 65.7 Å². The van der Waals surface area contributed by atoms with Crippen molar-refractivity contribution in [3.8, 4) is 0 Å². The van der Waals surface area contributed by atoms with E-state index in [2.05, 4.69) is 25.5 Å². The maximum Gasteiger partial charge on any atom is 0.169 e. The number of likely N-dealkylation sites (N-methyl/N-ethyl adjacent to an activating group) is 1. The average molecular weight is 256 g/mol. The third kappa shape index (κ3) is 5.34. The second kappa shape index (κ2) is 7.31. The third-order valence-electron chi connectivity index (χ3n) is 2.55. The smallest absolute Gasteiger partial charge is 0.169 e. The van der Waals surface area contributed by atoms with Gasteiger partial charge in [-0.1, -0.05) is 18.2 Å². The van der Waals surface area contributed by atoms with Crippen molar-refractivity contribution < 1.29 is 4.57 Å². The van der Waals surface area contributed by atoms with Crippen LogP contribution in [0.3, 0.4) is 0 Å². The lowest BCUT2D eigenvalue weighted by atomic mass is 10.3. The monoisotopic (exact) mass is 256 g/mol. The summed E-state index contributed by atoms with van der Waals surface area (Å²) in [6.45, 7) is 7.93. The van der Waals surface area contributed by atoms with E-state index < -0.39 is 0 Å². The number of aromatic nitrogens is 1. The number of aryl methyl sites for hydroxylation is 1. The van der Waals surface area contributed by atoms with Crippen molar-refractivity contribution in [2.24, 2.45) is 12.1 Å². The molecule has 0 amide bonds. The van der Waals surface area contributed by atoms with Crippen LogP contribution in [0.25, 0.3) is 0 Å². The molecule has 1 rings (SSSR count). The summed E-state index contributed by atoms with van der Waals surface area (Å²) in [5, 5.41) is 6.21. The Balaban J connectivity index is 2.79. The summed E-state index contributed by atoms with van der Waals surface area (Å²) in [4.78, 5) is 0. The van der Waals surface area contributed by atoms with Gasteiger partial charge in [-0.3, -0.25) is 5.01 Å². The highest BCUT2D eigenvalue weighted by Gasteiger charge is 1.97. The van der Waals surface area contributed by atoms with Crippen LogP contribution in [0, 0.1) is 0 Å². The van der Waals surface area contributed by atoms with Gasteiger partial charge in [-0.05, 0) is 26.0 Å². The normalized spacial score (nSPS) is 11.5. The standard InChI is InChI=1S/C16H22N3/c1-6-16(8-7-14(2)3)19(5)17-13-15-9-11-18(4)12-10-15/h6-13H,1H2,2-5H3/q+1. The zero-order valence-corrected chi connectivity index (χ0v) is 12.2. The Kier molecular flexibility index (Phi) is 5.73. The highest BCUT2D eigenvalue weighted by atomic mass is 15.4. The van der Waals surface area contributed by atoms with Gasteiger partial charge in [0, 0.05) is 24.7 Å². The lowest BCUT2D eigenvalue weighted by Crippen LogP contribution is -2.25. The van der Waals surface area contributed by atoms with Crippen molar-refractivity contribution in [3.05, 3.63) is 66.2 Å². The Labute approximate surface area is 115 Å². The predicted molar refractivity (Wildman–Crippen MR) is 80.7 cm³/mol. The van der Waals surface area contributed by atoms with Crippen molar-refractivity contribution in [2.75, 3.05) is 7.05 Å². The third-order valence-corrected chi connectivity index (χ3v) is 2.55. The Hall–Kier alpha value is -2.16. The fraction of sp³-hybridized carbons (Fsp3) is 0.250. The Morgan fingerprint density at radius 1 is 1.26 bits per heavy atom. The molecule has 0 spiro atoms. The number of hydrazone groups is 1. The van der Waals surface area contributed by atoms with Crippen molar-refractivity contribution in [2.45, 2.75) is 13.8 Å². The summed E-state index contributed by atoms with van der Waals surface area (Å²) in [5.74, 6) is 0. The van der Waals surface area contributed by atoms with Crippen LogP contribution in [-0.2, 0) is 7.05 Å². The summed E-state index contributed by atoms with van der Waals surface area (Å²) >= 11 is 0. The molecule has 0 aliphatic carbocycles. The van der Waals surface area contributed by atoms with Crippen LogP contribution in [0.1, 0.15) is 19.4 Å². The molecule has 0 radical (unpaired) electrons. The zero-order chi connectivity index (χ0) is 14.3. The largest absolute Gasteiger partial charge is 0.269 e. The van der Waals surface area contributed by atoms with E-state index in [1.807, 2.05) is 61.6 Å². The van der Waals surface area contributed by atoms with Crippen LogP contribution in [-0.4, -0.2) is 18.3 Å². The number of hydrogen-bond donors (Lipinski definition) is 0. The molecule has 0 aliphatic rings. The van der Waals surface area contributed by atoms with Crippen LogP contribution >= 0.6 is 0 Å². The molecule has 0 saturated heterocycles. The molecule has 0 N–H and O–H groups in total. The Morgan fingerprint density at radius 2 is 1.89 bits per heavy atom. The lowest BCUT2D eigenvalue weighted by Gasteiger charge is -2.13. The first kappa shape index (κ1) is 14.9. The van der Waals surface area contributed by atoms with Crippen molar-refractivity contribution >= 4 is 6.21 Å². The quantitative estimate of drug-likeness (QED) is 0.343. The minimum absolute atomic E-state index is 0.957. The van der Waals surface area contributed by atoms with E-state index in [4.69, 9.17) is 0 Å². The molecule has 0 bridgehead atoms. The molecular weight excluding hydrogens is 234 g/mol. The minimum atomic E-state index is 0.957. The van der Waals surface area contributed by atoms with Gasteiger partial charge < -0.3 is 0 Å². The number of pyridine rings is 1. The summed E-state index contributed by atoms with van der Waals surface area (Å²) in [7, 11) is 3.90. The zero-order valence-electron chi connectivity index (χ0n) is 12.2. The van der Waals surface area contributed by atoms with E-state index in [9.17, 15) is 0 Å². The molecule has 100 valence electrons. The van der Waals surface area contributed by atoms with E-state index in [0.717, 1.165) is 11.3 Å². The van der Waals surface area contributed by atoms with Gasteiger partial charge in [0.2, 0.25) is 0 Å². The van der Waals surface area contributed by atoms with Gasteiger partial charge in [0.15, 0.2) is 12.4 Å². The maximum atomic E-state index is 4.40. The fourth-order valence-electron chi connectivity index (χ4n) is 1.38. The molecule has 0 saturated carbocycles. The minimum Gasteiger partial charge on any atom is -0.269 e. The Bertz CT molecular complexity index is 503. The van der Waals surface area contributed by atoms with Crippen LogP contribution in [0.2, 0.25) is 0 Å². The highest BCUT2D eigenvalue weighted by Crippen LogP contribution is 2.05. The second-order valence-corrected chi connectivity index (χ2v) is 4.60. The molecule has 1 aromatic rings. The van der Waals surface area contributed by atoms with Gasteiger partial charge in [-0.25, -0.2) is 4.57 Å². The highest BCUT2D eigenvalue weighted by molar-refractivity contribution is 5.78. The van der Waals surface area contributed by atoms with E-state index in [-0.39, 0.29) is 0 Å². The van der Waals surface area contributed by atoms with Gasteiger partial charge in [-0.15, -0.1) is 0 Å². The van der Waals surface area contributed by atoms with E-state index in [1.165, 1.54) is 5.57 Å². The molecule has 3 heteroatoms. The summed E-state index contributed by atoms with van der Waals surface area (Å²) in [6, 6.07) is 4.04. The molecule has 0 fully saturated rings. The van der Waals surface area contributed by atoms with Crippen LogP contribution in [0.4, 0.5) is 0 Å². The van der Waals surface area contributed by atoms with Crippen molar-refractivity contribution in [1.82, 2.24) is 5.01 Å². The predicted octanol–water partition coefficient (Wildman–Crippen LogP) is 2.81. The van der Waals surface area contributed by atoms with Crippen LogP contribution in [0.5, 0.6) is 0 Å². The fourth-order valence-corrected chi connectivity index (χ4v) is 1.38. The molecule has 3 nitrogen and oxygen atoms in total. The summed E-state index contributed by atoms with van der Waals surface area (Å²) < 4.78 is 1.99. The molecule has 1 heterocycles. The number of nitrogens with zero attached hydrogens (tertiary/aromatic N) is 3. The first-order valence-corrected chi connectivity index (χ1v) is 6.23. The molecule has 0 unspecified atom stereocenters. The van der Waals surface area contributed by atoms with Crippen LogP contribution < -0.4 is 4.57 Å². The number of rotatable bonds is 5. The summed E-state index contributed by atoms with van der Waals surface area (Å²) in [6.07, 6.45) is 11.7. The van der Waals surface area contributed by atoms with Gasteiger partial charge in [0.05, 0.1) is 11.9 Å². The first-order valence-electron chi connectivity index (χ1n) is 6.23. The summed E-state index contributed by atoms with van der Waals surface area (Å²) in [5.41, 5.74) is 3.27. The number of hydrogen-bond acceptors (Lipinski definition) is 2. The second-order valence-electron chi connectivity index (χ2n) is 4.60. The molecule has 19 heavy (non-hydrogen) atoms. The van der Waals surface area contributed by atoms with Crippen molar-refractivity contribution in [1.29, 1.82) is 0 Å². The van der Waals surface area contributed by atoms with E-state index in [1.54, 1.807) is 11.1 Å². The molecule has 0 atom stereocenters. The van der Waals surface area contributed by atoms with Gasteiger partial charge in [-0.2, -0.15) is 5.10 Å². The molecular formula is C16H22N3+. The molecule has 1 aromatic heterocycles. The topological polar surface area (TPSA) is 19.5 Å². The van der Waals surface area contributed by atoms with E-state index in [0.29, 0.717) is 0 Å². The first-order chi connectivity index (χ1) is 9.02. The maximum absolute atomic E-state index is 4.40. The average Bonchev–Trinajstić information content (AvgIpc) is 2.38. The molecule has 0 aliphatic heterocycles. The van der Waals surface area contributed by atoms with Gasteiger partial charge in [0.1, 0.15) is 7.05 Å². The Morgan fingerprint density at radius 3 is 2.42 bits per heavy atom. The van der Waals surface area contributed by atoms with Gasteiger partial charge >= 0.3 is 0 Å². The number of allylic oxidation sites excluding steroid dienone is 4. The lowest BCUT2D eigenvalue weighted by molar-refractivity contribution is -0.671. The van der Waals surface area contributed by atoms with E-state index >= 15 is 0 Å². The van der Waals surface area contributed by atoms with Crippen molar-refractivity contribution in [3.63, 3.8) is 0 Å². The molecule has 0 aromatic carbocycles.